The molecular formula is C23H27N3O7. The molecule has 2 aromatic carbocycles. The van der Waals surface area contributed by atoms with Crippen LogP contribution in [0.4, 0.5) is 5.69 Å². The number of amides is 2. The van der Waals surface area contributed by atoms with E-state index in [-0.39, 0.29) is 18.0 Å². The first kappa shape index (κ1) is 25.3. The number of carbonyl (C=O) groups is 2. The first-order chi connectivity index (χ1) is 15.9. The molecule has 33 heavy (non-hydrogen) atoms. The normalized spacial score (nSPS) is 10.9. The SMILES string of the molecule is COc1cc(/C=C(/C(=O)NCCCCCC(=O)NO)c2ccc([N+](=O)[O-])cc2)cc(OC)c1. The summed E-state index contributed by atoms with van der Waals surface area (Å²) in [6, 6.07) is 10.9. The largest absolute Gasteiger partial charge is 0.497 e. The number of hydrogen-bond acceptors (Lipinski definition) is 7. The molecule has 3 N–H and O–H groups in total. The standard InChI is InChI=1S/C23H27N3O7/c1-32-19-12-16(13-20(15-19)33-2)14-21(17-7-9-18(10-8-17)26(30)31)23(28)24-11-5-3-4-6-22(27)25-29/h7-10,12-15,29H,3-6,11H2,1-2H3,(H,24,28)(H,25,27)/b21-14+. The number of nitro groups is 1. The number of nitro benzene ring substituents is 1. The van der Waals surface area contributed by atoms with E-state index in [0.29, 0.717) is 54.0 Å². The predicted molar refractivity (Wildman–Crippen MR) is 122 cm³/mol. The molecule has 176 valence electrons. The van der Waals surface area contributed by atoms with E-state index in [2.05, 4.69) is 5.32 Å². The van der Waals surface area contributed by atoms with Crippen molar-refractivity contribution in [2.45, 2.75) is 25.7 Å². The lowest BCUT2D eigenvalue weighted by atomic mass is 10.0. The second-order valence-corrected chi connectivity index (χ2v) is 7.11. The van der Waals surface area contributed by atoms with Crippen LogP contribution >= 0.6 is 0 Å². The lowest BCUT2D eigenvalue weighted by Crippen LogP contribution is -2.25. The fourth-order valence-corrected chi connectivity index (χ4v) is 3.06. The Morgan fingerprint density at radius 1 is 1.03 bits per heavy atom. The third kappa shape index (κ3) is 7.93. The molecule has 0 fully saturated rings. The molecule has 10 heteroatoms. The van der Waals surface area contributed by atoms with Crippen LogP contribution in [0.3, 0.4) is 0 Å². The van der Waals surface area contributed by atoms with Crippen molar-refractivity contribution in [3.63, 3.8) is 0 Å². The summed E-state index contributed by atoms with van der Waals surface area (Å²) in [5, 5.41) is 22.3. The fourth-order valence-electron chi connectivity index (χ4n) is 3.06. The van der Waals surface area contributed by atoms with E-state index < -0.39 is 10.8 Å². The number of unbranched alkanes of at least 4 members (excludes halogenated alkanes) is 2. The third-order valence-electron chi connectivity index (χ3n) is 4.81. The molecule has 0 atom stereocenters. The maximum absolute atomic E-state index is 13.0. The first-order valence-electron chi connectivity index (χ1n) is 10.3. The Balaban J connectivity index is 2.22. The molecule has 0 unspecified atom stereocenters. The van der Waals surface area contributed by atoms with Crippen molar-refractivity contribution >= 4 is 29.2 Å². The van der Waals surface area contributed by atoms with Gasteiger partial charge in [-0.05, 0) is 54.3 Å². The maximum Gasteiger partial charge on any atom is 0.269 e. The molecular weight excluding hydrogens is 430 g/mol. The Labute approximate surface area is 191 Å². The number of carbonyl (C=O) groups excluding carboxylic acids is 2. The molecule has 0 aliphatic rings. The molecule has 0 saturated carbocycles. The number of ether oxygens (including phenoxy) is 2. The zero-order valence-electron chi connectivity index (χ0n) is 18.5. The first-order valence-corrected chi connectivity index (χ1v) is 10.3. The van der Waals surface area contributed by atoms with Gasteiger partial charge in [0.1, 0.15) is 11.5 Å². The minimum Gasteiger partial charge on any atom is -0.497 e. The van der Waals surface area contributed by atoms with Crippen LogP contribution in [0.25, 0.3) is 11.6 Å². The van der Waals surface area contributed by atoms with Gasteiger partial charge in [-0.15, -0.1) is 0 Å². The highest BCUT2D eigenvalue weighted by atomic mass is 16.6. The second kappa shape index (κ2) is 12.8. The van der Waals surface area contributed by atoms with Gasteiger partial charge in [0.05, 0.1) is 19.1 Å². The average molecular weight is 457 g/mol. The summed E-state index contributed by atoms with van der Waals surface area (Å²) in [4.78, 5) is 34.5. The zero-order chi connectivity index (χ0) is 24.2. The Morgan fingerprint density at radius 2 is 1.67 bits per heavy atom. The lowest BCUT2D eigenvalue weighted by Gasteiger charge is -2.11. The van der Waals surface area contributed by atoms with Crippen LogP contribution in [-0.2, 0) is 9.59 Å². The molecule has 0 heterocycles. The van der Waals surface area contributed by atoms with E-state index in [9.17, 15) is 19.7 Å². The summed E-state index contributed by atoms with van der Waals surface area (Å²) in [5.41, 5.74) is 3.00. The van der Waals surface area contributed by atoms with Gasteiger partial charge in [0.15, 0.2) is 0 Å². The van der Waals surface area contributed by atoms with Gasteiger partial charge in [0, 0.05) is 36.7 Å². The van der Waals surface area contributed by atoms with Crippen molar-refractivity contribution in [1.82, 2.24) is 10.8 Å². The number of rotatable bonds is 12. The number of hydrogen-bond donors (Lipinski definition) is 3. The number of benzene rings is 2. The zero-order valence-corrected chi connectivity index (χ0v) is 18.5. The lowest BCUT2D eigenvalue weighted by molar-refractivity contribution is -0.384. The van der Waals surface area contributed by atoms with Gasteiger partial charge < -0.3 is 14.8 Å². The van der Waals surface area contributed by atoms with E-state index in [0.717, 1.165) is 0 Å². The van der Waals surface area contributed by atoms with E-state index in [1.165, 1.54) is 38.5 Å². The average Bonchev–Trinajstić information content (AvgIpc) is 2.83. The van der Waals surface area contributed by atoms with Gasteiger partial charge in [0.25, 0.3) is 11.6 Å². The molecule has 0 saturated heterocycles. The van der Waals surface area contributed by atoms with Crippen LogP contribution in [0.2, 0.25) is 0 Å². The number of nitrogens with zero attached hydrogens (tertiary/aromatic N) is 1. The number of nitrogens with one attached hydrogen (secondary N) is 2. The van der Waals surface area contributed by atoms with Crippen LogP contribution in [0, 0.1) is 10.1 Å². The maximum atomic E-state index is 13.0. The van der Waals surface area contributed by atoms with Crippen molar-refractivity contribution in [3.8, 4) is 11.5 Å². The van der Waals surface area contributed by atoms with Crippen molar-refractivity contribution in [2.24, 2.45) is 0 Å². The Morgan fingerprint density at radius 3 is 2.21 bits per heavy atom. The number of methoxy groups -OCH3 is 2. The topological polar surface area (TPSA) is 140 Å². The summed E-state index contributed by atoms with van der Waals surface area (Å²) in [6.45, 7) is 0.380. The summed E-state index contributed by atoms with van der Waals surface area (Å²) in [7, 11) is 3.05. The summed E-state index contributed by atoms with van der Waals surface area (Å²) in [5.74, 6) is 0.307. The Hall–Kier alpha value is -3.92. The molecule has 0 aliphatic carbocycles. The van der Waals surface area contributed by atoms with Crippen molar-refractivity contribution < 1.29 is 29.2 Å². The smallest absolute Gasteiger partial charge is 0.269 e. The van der Waals surface area contributed by atoms with Crippen LogP contribution in [0.15, 0.2) is 42.5 Å². The van der Waals surface area contributed by atoms with Crippen molar-refractivity contribution in [3.05, 3.63) is 63.7 Å². The molecule has 10 nitrogen and oxygen atoms in total. The third-order valence-corrected chi connectivity index (χ3v) is 4.81. The predicted octanol–water partition coefficient (Wildman–Crippen LogP) is 3.33. The Bertz CT molecular complexity index is 981. The van der Waals surface area contributed by atoms with E-state index in [4.69, 9.17) is 14.7 Å². The van der Waals surface area contributed by atoms with E-state index in [1.807, 2.05) is 0 Å². The van der Waals surface area contributed by atoms with Crippen LogP contribution in [-0.4, -0.2) is 42.7 Å². The monoisotopic (exact) mass is 457 g/mol. The highest BCUT2D eigenvalue weighted by Gasteiger charge is 2.15. The fraction of sp³-hybridized carbons (Fsp3) is 0.304. The summed E-state index contributed by atoms with van der Waals surface area (Å²) in [6.07, 6.45) is 3.78. The Kier molecular flexibility index (Phi) is 9.84. The highest BCUT2D eigenvalue weighted by Crippen LogP contribution is 2.27. The van der Waals surface area contributed by atoms with Crippen molar-refractivity contribution in [2.75, 3.05) is 20.8 Å². The minimum absolute atomic E-state index is 0.0755. The molecule has 0 aromatic heterocycles. The molecule has 2 amide bonds. The molecule has 0 aliphatic heterocycles. The molecule has 2 aromatic rings. The molecule has 0 radical (unpaired) electrons. The van der Waals surface area contributed by atoms with Gasteiger partial charge >= 0.3 is 0 Å². The molecule has 2 rings (SSSR count). The van der Waals surface area contributed by atoms with Gasteiger partial charge in [-0.1, -0.05) is 6.42 Å². The van der Waals surface area contributed by atoms with E-state index >= 15 is 0 Å². The molecule has 0 bridgehead atoms. The minimum atomic E-state index is -0.503. The van der Waals surface area contributed by atoms with Crippen LogP contribution < -0.4 is 20.3 Å². The van der Waals surface area contributed by atoms with Gasteiger partial charge in [-0.2, -0.15) is 0 Å². The van der Waals surface area contributed by atoms with Gasteiger partial charge in [-0.3, -0.25) is 24.9 Å². The van der Waals surface area contributed by atoms with Gasteiger partial charge in [0.2, 0.25) is 5.91 Å². The quantitative estimate of drug-likeness (QED) is 0.111. The molecule has 0 spiro atoms. The number of hydroxylamine groups is 1. The van der Waals surface area contributed by atoms with Crippen molar-refractivity contribution in [1.29, 1.82) is 0 Å². The summed E-state index contributed by atoms with van der Waals surface area (Å²) < 4.78 is 10.6. The van der Waals surface area contributed by atoms with Crippen LogP contribution in [0.1, 0.15) is 36.8 Å². The highest BCUT2D eigenvalue weighted by molar-refractivity contribution is 6.24. The number of non-ortho nitro benzene ring substituents is 1. The van der Waals surface area contributed by atoms with Crippen LogP contribution in [0.5, 0.6) is 11.5 Å². The van der Waals surface area contributed by atoms with Gasteiger partial charge in [-0.25, -0.2) is 5.48 Å². The summed E-state index contributed by atoms with van der Waals surface area (Å²) >= 11 is 0. The van der Waals surface area contributed by atoms with E-state index in [1.54, 1.807) is 29.8 Å². The second-order valence-electron chi connectivity index (χ2n) is 7.11.